The van der Waals surface area contributed by atoms with Gasteiger partial charge in [-0.1, -0.05) is 23.7 Å². The van der Waals surface area contributed by atoms with Crippen molar-refractivity contribution in [2.75, 3.05) is 0 Å². The summed E-state index contributed by atoms with van der Waals surface area (Å²) in [5.41, 5.74) is 1.72. The molecular formula is C17H12ClN3O2S. The highest BCUT2D eigenvalue weighted by atomic mass is 35.5. The van der Waals surface area contributed by atoms with Crippen molar-refractivity contribution in [2.45, 2.75) is 13.5 Å². The molecule has 24 heavy (non-hydrogen) atoms. The monoisotopic (exact) mass is 357 g/mol. The first kappa shape index (κ1) is 15.1. The van der Waals surface area contributed by atoms with E-state index in [0.717, 1.165) is 15.3 Å². The Bertz CT molecular complexity index is 1080. The number of hydrogen-bond acceptors (Lipinski definition) is 5. The smallest absolute Gasteiger partial charge is 0.294 e. The van der Waals surface area contributed by atoms with Crippen LogP contribution in [0, 0.1) is 6.92 Å². The highest BCUT2D eigenvalue weighted by Gasteiger charge is 2.18. The Kier molecular flexibility index (Phi) is 3.70. The lowest BCUT2D eigenvalue weighted by Gasteiger charge is -2.07. The number of aryl methyl sites for hydroxylation is 1. The molecule has 0 unspecified atom stereocenters. The molecule has 0 bridgehead atoms. The fraction of sp³-hybridized carbons (Fsp3) is 0.118. The molecule has 0 radical (unpaired) electrons. The van der Waals surface area contributed by atoms with Crippen LogP contribution in [0.25, 0.3) is 21.7 Å². The Morgan fingerprint density at radius 1 is 1.29 bits per heavy atom. The van der Waals surface area contributed by atoms with Gasteiger partial charge in [0, 0.05) is 5.02 Å². The van der Waals surface area contributed by atoms with Crippen LogP contribution in [-0.2, 0) is 6.54 Å². The summed E-state index contributed by atoms with van der Waals surface area (Å²) in [5.74, 6) is 0.614. The fourth-order valence-corrected chi connectivity index (χ4v) is 3.67. The van der Waals surface area contributed by atoms with E-state index >= 15 is 0 Å². The summed E-state index contributed by atoms with van der Waals surface area (Å²) in [7, 11) is 0. The fourth-order valence-electron chi connectivity index (χ4n) is 2.56. The van der Waals surface area contributed by atoms with Crippen molar-refractivity contribution in [3.8, 4) is 11.5 Å². The third-order valence-electron chi connectivity index (χ3n) is 3.58. The van der Waals surface area contributed by atoms with Gasteiger partial charge in [-0.2, -0.15) is 5.10 Å². The molecule has 0 fully saturated rings. The van der Waals surface area contributed by atoms with E-state index in [2.05, 4.69) is 10.1 Å². The molecule has 3 heterocycles. The van der Waals surface area contributed by atoms with Gasteiger partial charge in [0.05, 0.1) is 22.5 Å². The van der Waals surface area contributed by atoms with Crippen LogP contribution < -0.4 is 5.56 Å². The lowest BCUT2D eigenvalue weighted by molar-refractivity contribution is 0.571. The maximum atomic E-state index is 12.7. The molecule has 0 aliphatic rings. The molecule has 0 spiro atoms. The van der Waals surface area contributed by atoms with Gasteiger partial charge in [0.15, 0.2) is 11.3 Å². The Balaban J connectivity index is 1.92. The van der Waals surface area contributed by atoms with E-state index in [1.807, 2.05) is 31.2 Å². The van der Waals surface area contributed by atoms with Gasteiger partial charge < -0.3 is 4.42 Å². The molecule has 0 aliphatic carbocycles. The van der Waals surface area contributed by atoms with Crippen molar-refractivity contribution in [3.63, 3.8) is 0 Å². The average Bonchev–Trinajstić information content (AvgIpc) is 3.20. The van der Waals surface area contributed by atoms with Crippen LogP contribution in [0.3, 0.4) is 0 Å². The summed E-state index contributed by atoms with van der Waals surface area (Å²) in [6, 6.07) is 11.0. The predicted molar refractivity (Wildman–Crippen MR) is 94.7 cm³/mol. The van der Waals surface area contributed by atoms with Gasteiger partial charge in [0.1, 0.15) is 5.69 Å². The van der Waals surface area contributed by atoms with Gasteiger partial charge in [-0.05, 0) is 36.8 Å². The van der Waals surface area contributed by atoms with Crippen molar-refractivity contribution >= 4 is 33.2 Å². The number of halogens is 1. The van der Waals surface area contributed by atoms with Crippen LogP contribution in [0.1, 0.15) is 10.6 Å². The minimum absolute atomic E-state index is 0.218. The van der Waals surface area contributed by atoms with Crippen LogP contribution in [0.4, 0.5) is 0 Å². The Morgan fingerprint density at radius 3 is 2.92 bits per heavy atom. The molecular weight excluding hydrogens is 346 g/mol. The molecule has 0 aliphatic heterocycles. The van der Waals surface area contributed by atoms with Crippen LogP contribution in [0.2, 0.25) is 5.02 Å². The van der Waals surface area contributed by atoms with Gasteiger partial charge in [-0.25, -0.2) is 9.67 Å². The maximum absolute atomic E-state index is 12.7. The van der Waals surface area contributed by atoms with Gasteiger partial charge in [0.2, 0.25) is 0 Å². The highest BCUT2D eigenvalue weighted by Crippen LogP contribution is 2.29. The Morgan fingerprint density at radius 2 is 2.17 bits per heavy atom. The summed E-state index contributed by atoms with van der Waals surface area (Å²) >= 11 is 7.47. The van der Waals surface area contributed by atoms with E-state index in [1.54, 1.807) is 18.4 Å². The SMILES string of the molecule is Cc1nc2c(=O)n(Cc3cccc(Cl)c3)nc(-c3ccco3)c2s1. The maximum Gasteiger partial charge on any atom is 0.294 e. The Hall–Kier alpha value is -2.44. The molecule has 1 aromatic carbocycles. The van der Waals surface area contributed by atoms with E-state index in [9.17, 15) is 4.79 Å². The predicted octanol–water partition coefficient (Wildman–Crippen LogP) is 4.12. The van der Waals surface area contributed by atoms with Crippen molar-refractivity contribution in [1.82, 2.24) is 14.8 Å². The van der Waals surface area contributed by atoms with E-state index in [4.69, 9.17) is 16.0 Å². The third kappa shape index (κ3) is 2.64. The average molecular weight is 358 g/mol. The van der Waals surface area contributed by atoms with E-state index in [-0.39, 0.29) is 5.56 Å². The normalized spacial score (nSPS) is 11.2. The van der Waals surface area contributed by atoms with E-state index in [1.165, 1.54) is 16.0 Å². The molecule has 4 rings (SSSR count). The van der Waals surface area contributed by atoms with Crippen LogP contribution in [0.15, 0.2) is 51.9 Å². The number of nitrogens with zero attached hydrogens (tertiary/aromatic N) is 3. The second-order valence-corrected chi connectivity index (χ2v) is 6.97. The van der Waals surface area contributed by atoms with E-state index < -0.39 is 0 Å². The number of aromatic nitrogens is 3. The largest absolute Gasteiger partial charge is 0.463 e. The van der Waals surface area contributed by atoms with Crippen molar-refractivity contribution in [2.24, 2.45) is 0 Å². The van der Waals surface area contributed by atoms with Gasteiger partial charge >= 0.3 is 0 Å². The Labute approximate surface area is 146 Å². The molecule has 0 saturated heterocycles. The zero-order valence-corrected chi connectivity index (χ0v) is 14.3. The second-order valence-electron chi connectivity index (χ2n) is 5.33. The summed E-state index contributed by atoms with van der Waals surface area (Å²) in [6.07, 6.45) is 1.59. The van der Waals surface area contributed by atoms with Crippen molar-refractivity contribution in [1.29, 1.82) is 0 Å². The molecule has 0 atom stereocenters. The second kappa shape index (κ2) is 5.89. The lowest BCUT2D eigenvalue weighted by Crippen LogP contribution is -2.24. The number of hydrogen-bond donors (Lipinski definition) is 0. The first-order chi connectivity index (χ1) is 11.6. The van der Waals surface area contributed by atoms with Gasteiger partial charge in [-0.3, -0.25) is 4.79 Å². The first-order valence-electron chi connectivity index (χ1n) is 7.28. The summed E-state index contributed by atoms with van der Waals surface area (Å²) in [5, 5.41) is 5.96. The molecule has 7 heteroatoms. The molecule has 3 aromatic heterocycles. The van der Waals surface area contributed by atoms with Crippen molar-refractivity contribution in [3.05, 3.63) is 68.6 Å². The third-order valence-corrected chi connectivity index (χ3v) is 4.80. The number of fused-ring (bicyclic) bond motifs is 1. The quantitative estimate of drug-likeness (QED) is 0.553. The summed E-state index contributed by atoms with van der Waals surface area (Å²) in [4.78, 5) is 17.1. The topological polar surface area (TPSA) is 60.9 Å². The molecule has 4 aromatic rings. The van der Waals surface area contributed by atoms with Crippen molar-refractivity contribution < 1.29 is 4.42 Å². The number of furan rings is 1. The van der Waals surface area contributed by atoms with Crippen LogP contribution in [-0.4, -0.2) is 14.8 Å². The zero-order chi connectivity index (χ0) is 16.7. The first-order valence-corrected chi connectivity index (χ1v) is 8.48. The standard InChI is InChI=1S/C17H12ClN3O2S/c1-10-19-15-16(24-10)14(13-6-3-7-23-13)20-21(17(15)22)9-11-4-2-5-12(18)8-11/h2-8H,9H2,1H3. The highest BCUT2D eigenvalue weighted by molar-refractivity contribution is 7.19. The molecule has 0 saturated carbocycles. The number of thiazole rings is 1. The van der Waals surface area contributed by atoms with Crippen LogP contribution in [0.5, 0.6) is 0 Å². The minimum Gasteiger partial charge on any atom is -0.463 e. The number of benzene rings is 1. The van der Waals surface area contributed by atoms with E-state index in [0.29, 0.717) is 28.5 Å². The lowest BCUT2D eigenvalue weighted by atomic mass is 10.2. The molecule has 0 amide bonds. The zero-order valence-electron chi connectivity index (χ0n) is 12.7. The molecule has 0 N–H and O–H groups in total. The molecule has 120 valence electrons. The minimum atomic E-state index is -0.218. The number of rotatable bonds is 3. The molecule has 5 nitrogen and oxygen atoms in total. The van der Waals surface area contributed by atoms with Crippen LogP contribution >= 0.6 is 22.9 Å². The summed E-state index contributed by atoms with van der Waals surface area (Å²) in [6.45, 7) is 2.19. The summed E-state index contributed by atoms with van der Waals surface area (Å²) < 4.78 is 7.63. The van der Waals surface area contributed by atoms with Gasteiger partial charge in [0.25, 0.3) is 5.56 Å². The van der Waals surface area contributed by atoms with Gasteiger partial charge in [-0.15, -0.1) is 11.3 Å².